The zero-order valence-corrected chi connectivity index (χ0v) is 14.7. The van der Waals surface area contributed by atoms with Crippen LogP contribution in [0.4, 0.5) is 0 Å². The van der Waals surface area contributed by atoms with Gasteiger partial charge in [0.05, 0.1) is 0 Å². The van der Waals surface area contributed by atoms with Gasteiger partial charge in [0.2, 0.25) is 0 Å². The molecule has 3 atom stereocenters. The molecule has 0 heterocycles. The Hall–Kier alpha value is -0.0400. The van der Waals surface area contributed by atoms with Gasteiger partial charge in [0.15, 0.2) is 0 Å². The predicted molar refractivity (Wildman–Crippen MR) is 91.2 cm³/mol. The van der Waals surface area contributed by atoms with Crippen LogP contribution in [0.3, 0.4) is 0 Å². The lowest BCUT2D eigenvalue weighted by atomic mass is 9.39. The van der Waals surface area contributed by atoms with E-state index in [9.17, 15) is 0 Å². The molecule has 4 aliphatic carbocycles. The molecule has 4 rings (SSSR count). The lowest BCUT2D eigenvalue weighted by Gasteiger charge is -2.67. The Morgan fingerprint density at radius 1 is 0.905 bits per heavy atom. The second-order valence-corrected chi connectivity index (χ2v) is 9.80. The van der Waals surface area contributed by atoms with Crippen molar-refractivity contribution in [1.82, 2.24) is 0 Å². The zero-order valence-electron chi connectivity index (χ0n) is 14.7. The van der Waals surface area contributed by atoms with E-state index in [0.717, 1.165) is 5.92 Å². The molecule has 0 aromatic carbocycles. The van der Waals surface area contributed by atoms with E-state index in [1.165, 1.54) is 77.0 Å². The van der Waals surface area contributed by atoms with Crippen LogP contribution in [0.5, 0.6) is 0 Å². The molecule has 4 fully saturated rings. The van der Waals surface area contributed by atoms with Gasteiger partial charge in [0.1, 0.15) is 0 Å². The topological polar surface area (TPSA) is 26.0 Å². The number of hydrogen-bond acceptors (Lipinski definition) is 1. The Labute approximate surface area is 132 Å². The fourth-order valence-electron chi connectivity index (χ4n) is 7.22. The highest BCUT2D eigenvalue weighted by Gasteiger charge is 2.61. The van der Waals surface area contributed by atoms with Crippen molar-refractivity contribution >= 4 is 0 Å². The summed E-state index contributed by atoms with van der Waals surface area (Å²) in [6.45, 7) is 7.43. The fraction of sp³-hybridized carbons (Fsp3) is 1.00. The maximum atomic E-state index is 6.81. The highest BCUT2D eigenvalue weighted by Crippen LogP contribution is 2.70. The molecular weight excluding hydrogens is 254 g/mol. The molecule has 0 amide bonds. The van der Waals surface area contributed by atoms with Crippen molar-refractivity contribution in [3.05, 3.63) is 0 Å². The zero-order chi connectivity index (χ0) is 15.1. The second-order valence-electron chi connectivity index (χ2n) is 9.80. The van der Waals surface area contributed by atoms with E-state index >= 15 is 0 Å². The lowest BCUT2D eigenvalue weighted by Crippen LogP contribution is -2.60. The molecule has 4 saturated carbocycles. The van der Waals surface area contributed by atoms with Crippen molar-refractivity contribution < 1.29 is 0 Å². The van der Waals surface area contributed by atoms with Crippen LogP contribution in [0.2, 0.25) is 0 Å². The summed E-state index contributed by atoms with van der Waals surface area (Å²) >= 11 is 0. The number of nitrogens with two attached hydrogens (primary N) is 1. The molecule has 0 spiro atoms. The van der Waals surface area contributed by atoms with Gasteiger partial charge in [-0.3, -0.25) is 0 Å². The molecule has 1 nitrogen and oxygen atoms in total. The average molecular weight is 292 g/mol. The Bertz CT molecular complexity index is 356. The highest BCUT2D eigenvalue weighted by atomic mass is 14.8. The number of rotatable bonds is 7. The Balaban J connectivity index is 1.61. The molecular formula is C20H37N. The number of hydrogen-bond donors (Lipinski definition) is 1. The third-order valence-corrected chi connectivity index (χ3v) is 7.07. The Morgan fingerprint density at radius 2 is 1.52 bits per heavy atom. The quantitative estimate of drug-likeness (QED) is 0.601. The average Bonchev–Trinajstić information content (AvgIpc) is 2.33. The standard InChI is InChI=1S/C20H37N/c1-4-5-6-7-8-9-17(21)20-12-16-10-18(2,14-20)13-19(3,11-16)15-20/h16-17H,4-15,21H2,1-3H3. The second kappa shape index (κ2) is 5.55. The molecule has 0 saturated heterocycles. The first-order chi connectivity index (χ1) is 9.89. The van der Waals surface area contributed by atoms with Crippen molar-refractivity contribution in [3.8, 4) is 0 Å². The van der Waals surface area contributed by atoms with Crippen LogP contribution in [0, 0.1) is 22.2 Å². The third kappa shape index (κ3) is 3.05. The summed E-state index contributed by atoms with van der Waals surface area (Å²) in [7, 11) is 0. The molecule has 2 N–H and O–H groups in total. The third-order valence-electron chi connectivity index (χ3n) is 7.07. The fourth-order valence-corrected chi connectivity index (χ4v) is 7.22. The van der Waals surface area contributed by atoms with E-state index in [1.807, 2.05) is 0 Å². The Kier molecular flexibility index (Phi) is 4.19. The van der Waals surface area contributed by atoms with Gasteiger partial charge in [-0.25, -0.2) is 0 Å². The smallest absolute Gasteiger partial charge is 0.00960 e. The highest BCUT2D eigenvalue weighted by molar-refractivity contribution is 5.12. The van der Waals surface area contributed by atoms with Crippen LogP contribution in [0.25, 0.3) is 0 Å². The van der Waals surface area contributed by atoms with Gasteiger partial charge in [0, 0.05) is 6.04 Å². The molecule has 3 unspecified atom stereocenters. The van der Waals surface area contributed by atoms with E-state index < -0.39 is 0 Å². The minimum Gasteiger partial charge on any atom is -0.327 e. The van der Waals surface area contributed by atoms with Crippen LogP contribution < -0.4 is 5.73 Å². The largest absolute Gasteiger partial charge is 0.327 e. The van der Waals surface area contributed by atoms with E-state index in [1.54, 1.807) is 0 Å². The summed E-state index contributed by atoms with van der Waals surface area (Å²) in [6.07, 6.45) is 17.0. The number of unbranched alkanes of at least 4 members (excludes halogenated alkanes) is 4. The SMILES string of the molecule is CCCCCCCC(N)C12CC3CC(C)(CC(C)(C3)C1)C2. The molecule has 1 heteroatoms. The summed E-state index contributed by atoms with van der Waals surface area (Å²) in [5, 5.41) is 0. The summed E-state index contributed by atoms with van der Waals surface area (Å²) in [6, 6.07) is 0.473. The summed E-state index contributed by atoms with van der Waals surface area (Å²) in [5.74, 6) is 0.988. The molecule has 21 heavy (non-hydrogen) atoms. The van der Waals surface area contributed by atoms with Gasteiger partial charge in [-0.15, -0.1) is 0 Å². The van der Waals surface area contributed by atoms with Crippen molar-refractivity contribution in [1.29, 1.82) is 0 Å². The first-order valence-corrected chi connectivity index (χ1v) is 9.64. The van der Waals surface area contributed by atoms with Gasteiger partial charge in [-0.1, -0.05) is 52.9 Å². The van der Waals surface area contributed by atoms with Gasteiger partial charge in [-0.2, -0.15) is 0 Å². The maximum Gasteiger partial charge on any atom is 0.00960 e. The summed E-state index contributed by atoms with van der Waals surface area (Å²) < 4.78 is 0. The predicted octanol–water partition coefficient (Wildman–Crippen LogP) is 5.67. The van der Waals surface area contributed by atoms with Gasteiger partial charge < -0.3 is 5.73 Å². The van der Waals surface area contributed by atoms with Crippen LogP contribution in [-0.2, 0) is 0 Å². The Morgan fingerprint density at radius 3 is 2.10 bits per heavy atom. The molecule has 0 aromatic heterocycles. The minimum absolute atomic E-state index is 0.473. The van der Waals surface area contributed by atoms with Crippen molar-refractivity contribution in [3.63, 3.8) is 0 Å². The summed E-state index contributed by atoms with van der Waals surface area (Å²) in [5.41, 5.74) is 8.55. The van der Waals surface area contributed by atoms with Gasteiger partial charge in [-0.05, 0) is 67.1 Å². The van der Waals surface area contributed by atoms with Crippen molar-refractivity contribution in [2.75, 3.05) is 0 Å². The van der Waals surface area contributed by atoms with Crippen LogP contribution in [0.15, 0.2) is 0 Å². The normalized spacial score (nSPS) is 46.0. The van der Waals surface area contributed by atoms with Crippen LogP contribution >= 0.6 is 0 Å². The van der Waals surface area contributed by atoms with E-state index in [-0.39, 0.29) is 0 Å². The monoisotopic (exact) mass is 291 g/mol. The van der Waals surface area contributed by atoms with E-state index in [0.29, 0.717) is 22.3 Å². The maximum absolute atomic E-state index is 6.81. The molecule has 122 valence electrons. The van der Waals surface area contributed by atoms with E-state index in [2.05, 4.69) is 20.8 Å². The van der Waals surface area contributed by atoms with Crippen LogP contribution in [0.1, 0.15) is 97.8 Å². The first kappa shape index (κ1) is 15.8. The van der Waals surface area contributed by atoms with Gasteiger partial charge in [0.25, 0.3) is 0 Å². The minimum atomic E-state index is 0.473. The molecule has 4 bridgehead atoms. The lowest BCUT2D eigenvalue weighted by molar-refractivity contribution is -0.154. The first-order valence-electron chi connectivity index (χ1n) is 9.64. The molecule has 0 aliphatic heterocycles. The van der Waals surface area contributed by atoms with Gasteiger partial charge >= 0.3 is 0 Å². The summed E-state index contributed by atoms with van der Waals surface area (Å²) in [4.78, 5) is 0. The van der Waals surface area contributed by atoms with Crippen LogP contribution in [-0.4, -0.2) is 6.04 Å². The molecule has 4 aliphatic rings. The molecule has 0 radical (unpaired) electrons. The van der Waals surface area contributed by atoms with Crippen molar-refractivity contribution in [2.24, 2.45) is 27.9 Å². The van der Waals surface area contributed by atoms with E-state index in [4.69, 9.17) is 5.73 Å². The van der Waals surface area contributed by atoms with Crippen molar-refractivity contribution in [2.45, 2.75) is 104 Å². The molecule has 0 aromatic rings.